The fourth-order valence-corrected chi connectivity index (χ4v) is 3.28. The van der Waals surface area contributed by atoms with Gasteiger partial charge in [0.2, 0.25) is 0 Å². The van der Waals surface area contributed by atoms with Gasteiger partial charge in [-0.05, 0) is 32.2 Å². The SMILES string of the molecule is FC1(F)C(C2CCCN2)C1C1CCCO1. The van der Waals surface area contributed by atoms with Crippen molar-refractivity contribution in [2.75, 3.05) is 13.2 Å². The summed E-state index contributed by atoms with van der Waals surface area (Å²) in [6, 6.07) is 0.0363. The zero-order valence-electron chi connectivity index (χ0n) is 8.72. The largest absolute Gasteiger partial charge is 0.378 e. The molecule has 3 rings (SSSR count). The number of halogens is 2. The van der Waals surface area contributed by atoms with Crippen LogP contribution in [-0.2, 0) is 4.74 Å². The predicted octanol–water partition coefficient (Wildman–Crippen LogP) is 1.80. The fourth-order valence-electron chi connectivity index (χ4n) is 3.28. The van der Waals surface area contributed by atoms with Gasteiger partial charge in [0.25, 0.3) is 5.92 Å². The first-order valence-electron chi connectivity index (χ1n) is 5.94. The summed E-state index contributed by atoms with van der Waals surface area (Å²) in [5.74, 6) is -3.43. The molecule has 1 aliphatic carbocycles. The average Bonchev–Trinajstić information content (AvgIpc) is 2.78. The summed E-state index contributed by atoms with van der Waals surface area (Å²) >= 11 is 0. The summed E-state index contributed by atoms with van der Waals surface area (Å²) in [5.41, 5.74) is 0. The molecular formula is C11H17F2NO. The van der Waals surface area contributed by atoms with E-state index in [2.05, 4.69) is 5.32 Å². The molecule has 1 saturated carbocycles. The van der Waals surface area contributed by atoms with Crippen molar-refractivity contribution in [3.8, 4) is 0 Å². The van der Waals surface area contributed by atoms with E-state index in [4.69, 9.17) is 4.74 Å². The Morgan fingerprint density at radius 3 is 2.60 bits per heavy atom. The maximum absolute atomic E-state index is 13.6. The van der Waals surface area contributed by atoms with Crippen LogP contribution in [0, 0.1) is 11.8 Å². The van der Waals surface area contributed by atoms with E-state index in [1.807, 2.05) is 0 Å². The lowest BCUT2D eigenvalue weighted by Gasteiger charge is -2.10. The van der Waals surface area contributed by atoms with Crippen LogP contribution in [-0.4, -0.2) is 31.2 Å². The van der Waals surface area contributed by atoms with E-state index in [-0.39, 0.29) is 12.1 Å². The molecule has 2 aliphatic heterocycles. The monoisotopic (exact) mass is 217 g/mol. The van der Waals surface area contributed by atoms with Crippen molar-refractivity contribution in [1.82, 2.24) is 5.32 Å². The molecule has 2 nitrogen and oxygen atoms in total. The van der Waals surface area contributed by atoms with Gasteiger partial charge in [0.05, 0.1) is 12.0 Å². The summed E-state index contributed by atoms with van der Waals surface area (Å²) in [6.07, 6.45) is 3.54. The van der Waals surface area contributed by atoms with Crippen molar-refractivity contribution in [1.29, 1.82) is 0 Å². The van der Waals surface area contributed by atoms with E-state index in [0.29, 0.717) is 6.61 Å². The minimum absolute atomic E-state index is 0.0363. The average molecular weight is 217 g/mol. The van der Waals surface area contributed by atoms with Gasteiger partial charge in [-0.15, -0.1) is 0 Å². The van der Waals surface area contributed by atoms with Crippen molar-refractivity contribution in [3.05, 3.63) is 0 Å². The summed E-state index contributed by atoms with van der Waals surface area (Å²) in [5, 5.41) is 3.19. The molecule has 0 radical (unpaired) electrons. The standard InChI is InChI=1S/C11H17F2NO/c12-11(13)9(7-3-1-5-14-7)10(11)8-4-2-6-15-8/h7-10,14H,1-6H2. The molecule has 0 aromatic carbocycles. The van der Waals surface area contributed by atoms with E-state index in [1.165, 1.54) is 0 Å². The Kier molecular flexibility index (Phi) is 2.25. The second-order valence-corrected chi connectivity index (χ2v) is 4.98. The number of alkyl halides is 2. The normalized spacial score (nSPS) is 48.4. The van der Waals surface area contributed by atoms with Gasteiger partial charge in [0.15, 0.2) is 0 Å². The van der Waals surface area contributed by atoms with Crippen LogP contribution in [0.25, 0.3) is 0 Å². The zero-order chi connectivity index (χ0) is 10.5. The van der Waals surface area contributed by atoms with Gasteiger partial charge in [-0.25, -0.2) is 8.78 Å². The molecule has 0 aromatic heterocycles. The highest BCUT2D eigenvalue weighted by atomic mass is 19.3. The number of rotatable bonds is 2. The quantitative estimate of drug-likeness (QED) is 0.761. The Morgan fingerprint density at radius 2 is 2.00 bits per heavy atom. The van der Waals surface area contributed by atoms with E-state index in [9.17, 15) is 8.78 Å². The van der Waals surface area contributed by atoms with Crippen LogP contribution in [0.5, 0.6) is 0 Å². The summed E-state index contributed by atoms with van der Waals surface area (Å²) in [6.45, 7) is 1.57. The van der Waals surface area contributed by atoms with Crippen LogP contribution in [0.15, 0.2) is 0 Å². The number of hydrogen-bond donors (Lipinski definition) is 1. The van der Waals surface area contributed by atoms with E-state index in [0.717, 1.165) is 32.2 Å². The van der Waals surface area contributed by atoms with Crippen molar-refractivity contribution in [2.45, 2.75) is 43.8 Å². The first-order valence-corrected chi connectivity index (χ1v) is 5.94. The van der Waals surface area contributed by atoms with Crippen molar-refractivity contribution < 1.29 is 13.5 Å². The van der Waals surface area contributed by atoms with Crippen LogP contribution >= 0.6 is 0 Å². The van der Waals surface area contributed by atoms with Gasteiger partial charge in [-0.1, -0.05) is 0 Å². The van der Waals surface area contributed by atoms with Crippen LogP contribution in [0.4, 0.5) is 8.78 Å². The lowest BCUT2D eigenvalue weighted by molar-refractivity contribution is 0.0287. The van der Waals surface area contributed by atoms with Gasteiger partial charge in [0, 0.05) is 18.6 Å². The van der Waals surface area contributed by atoms with Gasteiger partial charge >= 0.3 is 0 Å². The molecule has 0 aromatic rings. The lowest BCUT2D eigenvalue weighted by atomic mass is 10.1. The summed E-state index contributed by atoms with van der Waals surface area (Å²) < 4.78 is 32.7. The molecule has 4 unspecified atom stereocenters. The molecule has 2 heterocycles. The van der Waals surface area contributed by atoms with Gasteiger partial charge in [-0.3, -0.25) is 0 Å². The van der Waals surface area contributed by atoms with Crippen molar-refractivity contribution >= 4 is 0 Å². The molecule has 3 fully saturated rings. The minimum atomic E-state index is -2.48. The zero-order valence-corrected chi connectivity index (χ0v) is 8.72. The molecule has 4 atom stereocenters. The molecule has 0 amide bonds. The molecule has 1 N–H and O–H groups in total. The molecular weight excluding hydrogens is 200 g/mol. The van der Waals surface area contributed by atoms with Crippen LogP contribution in [0.3, 0.4) is 0 Å². The fraction of sp³-hybridized carbons (Fsp3) is 1.00. The van der Waals surface area contributed by atoms with Crippen LogP contribution in [0.2, 0.25) is 0 Å². The third kappa shape index (κ3) is 1.49. The third-order valence-corrected chi connectivity index (χ3v) is 4.06. The Hall–Kier alpha value is -0.220. The summed E-state index contributed by atoms with van der Waals surface area (Å²) in [4.78, 5) is 0. The smallest absolute Gasteiger partial charge is 0.258 e. The maximum atomic E-state index is 13.6. The second kappa shape index (κ2) is 3.39. The Labute approximate surface area is 88.4 Å². The lowest BCUT2D eigenvalue weighted by Crippen LogP contribution is -2.27. The molecule has 4 heteroatoms. The minimum Gasteiger partial charge on any atom is -0.378 e. The number of nitrogens with one attached hydrogen (secondary N) is 1. The molecule has 3 aliphatic rings. The molecule has 86 valence electrons. The Balaban J connectivity index is 1.68. The molecule has 15 heavy (non-hydrogen) atoms. The Bertz CT molecular complexity index is 223. The van der Waals surface area contributed by atoms with E-state index < -0.39 is 17.8 Å². The third-order valence-electron chi connectivity index (χ3n) is 4.06. The number of hydrogen-bond acceptors (Lipinski definition) is 2. The van der Waals surface area contributed by atoms with E-state index in [1.54, 1.807) is 0 Å². The molecule has 2 saturated heterocycles. The first-order chi connectivity index (χ1) is 7.21. The summed E-state index contributed by atoms with van der Waals surface area (Å²) in [7, 11) is 0. The predicted molar refractivity (Wildman–Crippen MR) is 51.9 cm³/mol. The Morgan fingerprint density at radius 1 is 1.13 bits per heavy atom. The maximum Gasteiger partial charge on any atom is 0.258 e. The van der Waals surface area contributed by atoms with E-state index >= 15 is 0 Å². The topological polar surface area (TPSA) is 21.3 Å². The van der Waals surface area contributed by atoms with Crippen molar-refractivity contribution in [3.63, 3.8) is 0 Å². The molecule has 0 spiro atoms. The highest BCUT2D eigenvalue weighted by Gasteiger charge is 2.73. The van der Waals surface area contributed by atoms with Crippen molar-refractivity contribution in [2.24, 2.45) is 11.8 Å². The molecule has 0 bridgehead atoms. The van der Waals surface area contributed by atoms with Gasteiger partial charge < -0.3 is 10.1 Å². The van der Waals surface area contributed by atoms with Crippen LogP contribution in [0.1, 0.15) is 25.7 Å². The first kappa shape index (κ1) is 9.97. The highest BCUT2D eigenvalue weighted by molar-refractivity contribution is 5.14. The van der Waals surface area contributed by atoms with Crippen LogP contribution < -0.4 is 5.32 Å². The highest BCUT2D eigenvalue weighted by Crippen LogP contribution is 2.61. The second-order valence-electron chi connectivity index (χ2n) is 4.98. The number of ether oxygens (including phenoxy) is 1. The van der Waals surface area contributed by atoms with Gasteiger partial charge in [-0.2, -0.15) is 0 Å². The van der Waals surface area contributed by atoms with Gasteiger partial charge in [0.1, 0.15) is 0 Å².